The smallest absolute Gasteiger partial charge is 0.321 e. The zero-order chi connectivity index (χ0) is 5.70. The first kappa shape index (κ1) is 7.66. The van der Waals surface area contributed by atoms with Crippen LogP contribution in [0.25, 0.3) is 0 Å². The lowest BCUT2D eigenvalue weighted by Crippen LogP contribution is -2.00. The van der Waals surface area contributed by atoms with E-state index in [1.165, 1.54) is 0 Å². The minimum Gasteiger partial charge on any atom is -0.406 e. The van der Waals surface area contributed by atoms with E-state index in [0.717, 1.165) is 6.61 Å². The van der Waals surface area contributed by atoms with Gasteiger partial charge in [0.25, 0.3) is 0 Å². The van der Waals surface area contributed by atoms with Gasteiger partial charge in [0.1, 0.15) is 0 Å². The van der Waals surface area contributed by atoms with E-state index in [0.29, 0.717) is 14.3 Å². The second-order valence-corrected chi connectivity index (χ2v) is 3.20. The van der Waals surface area contributed by atoms with Gasteiger partial charge < -0.3 is 4.43 Å². The monoisotopic (exact) mass is 180 g/mol. The Morgan fingerprint density at radius 2 is 2.29 bits per heavy atom. The normalized spacial score (nSPS) is 10.3. The van der Waals surface area contributed by atoms with Crippen LogP contribution in [0.15, 0.2) is 0 Å². The maximum Gasteiger partial charge on any atom is 0.321 e. The van der Waals surface area contributed by atoms with Crippen LogP contribution in [0.5, 0.6) is 0 Å². The van der Waals surface area contributed by atoms with Gasteiger partial charge in [0.2, 0.25) is 0 Å². The maximum atomic E-state index is 5.04. The van der Waals surface area contributed by atoms with E-state index in [1.54, 1.807) is 0 Å². The van der Waals surface area contributed by atoms with Gasteiger partial charge in [-0.05, 0) is 5.92 Å². The fourth-order valence-electron chi connectivity index (χ4n) is 0.198. The van der Waals surface area contributed by atoms with Crippen molar-refractivity contribution in [1.82, 2.24) is 0 Å². The third kappa shape index (κ3) is 6.66. The third-order valence-electron chi connectivity index (χ3n) is 0.471. The highest BCUT2D eigenvalue weighted by atomic mass is 79.9. The van der Waals surface area contributed by atoms with Crippen LogP contribution >= 0.6 is 15.3 Å². The van der Waals surface area contributed by atoms with E-state index in [4.69, 9.17) is 4.43 Å². The quantitative estimate of drug-likeness (QED) is 0.474. The largest absolute Gasteiger partial charge is 0.406 e. The second-order valence-electron chi connectivity index (χ2n) is 1.78. The van der Waals surface area contributed by atoms with Gasteiger partial charge in [0.05, 0.1) is 0 Å². The summed E-state index contributed by atoms with van der Waals surface area (Å²) in [4.78, 5) is 0. The zero-order valence-corrected chi connectivity index (χ0v) is 7.16. The number of hydrogen-bond donors (Lipinski definition) is 0. The Balaban J connectivity index is 2.68. The molecule has 0 aliphatic carbocycles. The van der Waals surface area contributed by atoms with Crippen molar-refractivity contribution >= 4 is 23.7 Å². The summed E-state index contributed by atoms with van der Waals surface area (Å²) in [6, 6.07) is 0. The minimum absolute atomic E-state index is 0.463. The van der Waals surface area contributed by atoms with Gasteiger partial charge in [-0.2, -0.15) is 0 Å². The molecule has 0 fully saturated rings. The van der Waals surface area contributed by atoms with Gasteiger partial charge in [-0.1, -0.05) is 29.1 Å². The predicted molar refractivity (Wildman–Crippen MR) is 35.5 cm³/mol. The Morgan fingerprint density at radius 3 is 2.43 bits per heavy atom. The van der Waals surface area contributed by atoms with E-state index < -0.39 is 0 Å². The van der Waals surface area contributed by atoms with Crippen molar-refractivity contribution in [2.45, 2.75) is 13.8 Å². The van der Waals surface area contributed by atoms with Crippen LogP contribution in [-0.2, 0) is 4.43 Å². The zero-order valence-electron chi connectivity index (χ0n) is 4.57. The SMILES string of the molecule is CC(C)CO[Si]Br. The van der Waals surface area contributed by atoms with Crippen LogP contribution in [0, 0.1) is 5.92 Å². The summed E-state index contributed by atoms with van der Waals surface area (Å²) in [5.41, 5.74) is 0. The summed E-state index contributed by atoms with van der Waals surface area (Å²) in [5, 5.41) is 0. The molecule has 7 heavy (non-hydrogen) atoms. The summed E-state index contributed by atoms with van der Waals surface area (Å²) in [5.74, 6) is 0.657. The molecule has 0 saturated carbocycles. The topological polar surface area (TPSA) is 9.23 Å². The lowest BCUT2D eigenvalue weighted by molar-refractivity contribution is 0.293. The summed E-state index contributed by atoms with van der Waals surface area (Å²) in [7, 11) is 0.463. The summed E-state index contributed by atoms with van der Waals surface area (Å²) in [6.07, 6.45) is 0. The lowest BCUT2D eigenvalue weighted by atomic mass is 10.2. The highest BCUT2D eigenvalue weighted by Gasteiger charge is 1.90. The van der Waals surface area contributed by atoms with Crippen molar-refractivity contribution in [3.05, 3.63) is 0 Å². The molecule has 0 spiro atoms. The van der Waals surface area contributed by atoms with Crippen LogP contribution in [-0.4, -0.2) is 15.0 Å². The first-order valence-electron chi connectivity index (χ1n) is 2.24. The van der Waals surface area contributed by atoms with Gasteiger partial charge >= 0.3 is 8.38 Å². The molecular formula is C4H9BrOSi. The average Bonchev–Trinajstić information content (AvgIpc) is 1.61. The summed E-state index contributed by atoms with van der Waals surface area (Å²) < 4.78 is 5.04. The fourth-order valence-corrected chi connectivity index (χ4v) is 0.991. The highest BCUT2D eigenvalue weighted by Crippen LogP contribution is 1.91. The molecule has 3 heteroatoms. The molecule has 0 aliphatic heterocycles. The minimum atomic E-state index is 0.463. The molecule has 0 aromatic heterocycles. The number of halogens is 1. The van der Waals surface area contributed by atoms with E-state index in [9.17, 15) is 0 Å². The van der Waals surface area contributed by atoms with Crippen molar-refractivity contribution < 1.29 is 4.43 Å². The predicted octanol–water partition coefficient (Wildman–Crippen LogP) is 1.59. The van der Waals surface area contributed by atoms with Gasteiger partial charge in [0.15, 0.2) is 0 Å². The second kappa shape index (κ2) is 4.81. The van der Waals surface area contributed by atoms with E-state index >= 15 is 0 Å². The van der Waals surface area contributed by atoms with Crippen molar-refractivity contribution in [2.24, 2.45) is 5.92 Å². The first-order valence-corrected chi connectivity index (χ1v) is 5.41. The Hall–Kier alpha value is 0.657. The van der Waals surface area contributed by atoms with E-state index in [-0.39, 0.29) is 0 Å². The Bertz CT molecular complexity index is 40.7. The van der Waals surface area contributed by atoms with Crippen LogP contribution in [0.2, 0.25) is 0 Å². The van der Waals surface area contributed by atoms with Crippen molar-refractivity contribution in [1.29, 1.82) is 0 Å². The molecule has 0 aliphatic rings. The highest BCUT2D eigenvalue weighted by molar-refractivity contribution is 9.23. The molecule has 2 radical (unpaired) electrons. The molecule has 0 saturated heterocycles. The summed E-state index contributed by atoms with van der Waals surface area (Å²) in [6.45, 7) is 5.13. The van der Waals surface area contributed by atoms with Crippen LogP contribution in [0.3, 0.4) is 0 Å². The van der Waals surface area contributed by atoms with Gasteiger partial charge in [0, 0.05) is 6.61 Å². The van der Waals surface area contributed by atoms with E-state index in [1.807, 2.05) is 0 Å². The van der Waals surface area contributed by atoms with Crippen molar-refractivity contribution in [3.8, 4) is 0 Å². The first-order chi connectivity index (χ1) is 3.27. The molecule has 0 aromatic rings. The van der Waals surface area contributed by atoms with Crippen LogP contribution in [0.1, 0.15) is 13.8 Å². The third-order valence-corrected chi connectivity index (χ3v) is 1.43. The molecule has 0 aromatic carbocycles. The Morgan fingerprint density at radius 1 is 1.71 bits per heavy atom. The van der Waals surface area contributed by atoms with Crippen molar-refractivity contribution in [3.63, 3.8) is 0 Å². The fraction of sp³-hybridized carbons (Fsp3) is 1.00. The lowest BCUT2D eigenvalue weighted by Gasteiger charge is -2.00. The molecule has 0 unspecified atom stereocenters. The maximum absolute atomic E-state index is 5.04. The molecular weight excluding hydrogens is 172 g/mol. The molecule has 0 heterocycles. The summed E-state index contributed by atoms with van der Waals surface area (Å²) >= 11 is 3.18. The molecule has 1 nitrogen and oxygen atoms in total. The molecule has 0 bridgehead atoms. The molecule has 42 valence electrons. The Labute approximate surface area is 55.0 Å². The molecule has 0 amide bonds. The standard InChI is InChI=1S/C4H9BrOSi/c1-4(2)3-6-7-5/h4H,3H2,1-2H3. The van der Waals surface area contributed by atoms with Gasteiger partial charge in [-0.3, -0.25) is 0 Å². The Kier molecular flexibility index (Phi) is 5.26. The van der Waals surface area contributed by atoms with Gasteiger partial charge in [-0.25, -0.2) is 0 Å². The van der Waals surface area contributed by atoms with Crippen LogP contribution in [0.4, 0.5) is 0 Å². The van der Waals surface area contributed by atoms with Crippen LogP contribution < -0.4 is 0 Å². The van der Waals surface area contributed by atoms with E-state index in [2.05, 4.69) is 29.1 Å². The van der Waals surface area contributed by atoms with Crippen molar-refractivity contribution in [2.75, 3.05) is 6.61 Å². The molecule has 0 N–H and O–H groups in total. The molecule has 0 atom stereocenters. The number of hydrogen-bond acceptors (Lipinski definition) is 1. The number of rotatable bonds is 3. The average molecular weight is 181 g/mol. The van der Waals surface area contributed by atoms with Gasteiger partial charge in [-0.15, -0.1) is 0 Å². The molecule has 0 rings (SSSR count).